The largest absolute Gasteiger partial charge is 0.495 e. The van der Waals surface area contributed by atoms with E-state index < -0.39 is 0 Å². The highest BCUT2D eigenvalue weighted by atomic mass is 35.5. The molecule has 1 N–H and O–H groups in total. The van der Waals surface area contributed by atoms with Gasteiger partial charge in [-0.1, -0.05) is 18.5 Å². The Labute approximate surface area is 111 Å². The first-order valence-electron chi connectivity index (χ1n) is 5.79. The van der Waals surface area contributed by atoms with Gasteiger partial charge in [0.25, 0.3) is 0 Å². The molecule has 1 aliphatic carbocycles. The minimum Gasteiger partial charge on any atom is -0.495 e. The summed E-state index contributed by atoms with van der Waals surface area (Å²) in [4.78, 5) is 11.9. The molecule has 2 rings (SSSR count). The summed E-state index contributed by atoms with van der Waals surface area (Å²) in [5.41, 5.74) is 0.576. The van der Waals surface area contributed by atoms with Crippen LogP contribution < -0.4 is 14.8 Å². The number of methoxy groups -OCH3 is 2. The molecule has 0 aromatic heterocycles. The molecule has 4 nitrogen and oxygen atoms in total. The van der Waals surface area contributed by atoms with Gasteiger partial charge in [0.2, 0.25) is 5.91 Å². The monoisotopic (exact) mass is 269 g/mol. The fraction of sp³-hybridized carbons (Fsp3) is 0.462. The molecule has 2 unspecified atom stereocenters. The number of amides is 1. The van der Waals surface area contributed by atoms with Crippen LogP contribution in [-0.4, -0.2) is 20.1 Å². The van der Waals surface area contributed by atoms with Crippen LogP contribution in [0.15, 0.2) is 12.1 Å². The molecule has 0 spiro atoms. The summed E-state index contributed by atoms with van der Waals surface area (Å²) in [5, 5.41) is 3.28. The Morgan fingerprint density at radius 1 is 1.33 bits per heavy atom. The Bertz CT molecular complexity index is 476. The normalized spacial score (nSPS) is 21.3. The highest BCUT2D eigenvalue weighted by Gasteiger charge is 2.39. The third-order valence-electron chi connectivity index (χ3n) is 3.18. The Morgan fingerprint density at radius 3 is 2.44 bits per heavy atom. The molecule has 18 heavy (non-hydrogen) atoms. The van der Waals surface area contributed by atoms with Crippen LogP contribution in [0.3, 0.4) is 0 Å². The summed E-state index contributed by atoms with van der Waals surface area (Å²) in [5.74, 6) is 1.64. The number of hydrogen-bond acceptors (Lipinski definition) is 3. The van der Waals surface area contributed by atoms with Crippen molar-refractivity contribution in [2.24, 2.45) is 11.8 Å². The van der Waals surface area contributed by atoms with Crippen LogP contribution in [0.5, 0.6) is 11.5 Å². The Kier molecular flexibility index (Phi) is 3.66. The van der Waals surface area contributed by atoms with E-state index >= 15 is 0 Å². The van der Waals surface area contributed by atoms with Crippen LogP contribution in [0.2, 0.25) is 5.02 Å². The molecule has 1 amide bonds. The molecule has 0 aliphatic heterocycles. The lowest BCUT2D eigenvalue weighted by atomic mass is 10.2. The summed E-state index contributed by atoms with van der Waals surface area (Å²) in [6, 6.07) is 3.30. The van der Waals surface area contributed by atoms with Crippen LogP contribution in [-0.2, 0) is 4.79 Å². The zero-order valence-corrected chi connectivity index (χ0v) is 11.4. The van der Waals surface area contributed by atoms with Crippen molar-refractivity contribution in [3.63, 3.8) is 0 Å². The van der Waals surface area contributed by atoms with Crippen LogP contribution in [0.1, 0.15) is 13.3 Å². The van der Waals surface area contributed by atoms with Crippen molar-refractivity contribution in [2.75, 3.05) is 19.5 Å². The fourth-order valence-electron chi connectivity index (χ4n) is 1.87. The van der Waals surface area contributed by atoms with Gasteiger partial charge in [0.15, 0.2) is 0 Å². The van der Waals surface area contributed by atoms with Crippen LogP contribution >= 0.6 is 11.6 Å². The summed E-state index contributed by atoms with van der Waals surface area (Å²) in [6.45, 7) is 2.06. The summed E-state index contributed by atoms with van der Waals surface area (Å²) in [7, 11) is 3.07. The van der Waals surface area contributed by atoms with Gasteiger partial charge in [-0.15, -0.1) is 0 Å². The lowest BCUT2D eigenvalue weighted by molar-refractivity contribution is -0.117. The number of halogens is 1. The van der Waals surface area contributed by atoms with Gasteiger partial charge in [-0.25, -0.2) is 0 Å². The minimum absolute atomic E-state index is 0.0158. The number of anilines is 1. The molecule has 1 saturated carbocycles. The quantitative estimate of drug-likeness (QED) is 0.914. The molecular formula is C13H16ClNO3. The van der Waals surface area contributed by atoms with Crippen LogP contribution in [0.25, 0.3) is 0 Å². The predicted molar refractivity (Wildman–Crippen MR) is 70.5 cm³/mol. The van der Waals surface area contributed by atoms with Gasteiger partial charge in [-0.05, 0) is 18.4 Å². The van der Waals surface area contributed by atoms with E-state index in [1.54, 1.807) is 12.1 Å². The zero-order valence-electron chi connectivity index (χ0n) is 10.6. The highest BCUT2D eigenvalue weighted by Crippen LogP contribution is 2.40. The van der Waals surface area contributed by atoms with Gasteiger partial charge in [0.1, 0.15) is 11.5 Å². The number of ether oxygens (including phenoxy) is 2. The topological polar surface area (TPSA) is 47.6 Å². The second-order valence-electron chi connectivity index (χ2n) is 4.50. The van der Waals surface area contributed by atoms with E-state index in [0.29, 0.717) is 28.1 Å². The van der Waals surface area contributed by atoms with E-state index in [1.165, 1.54) is 14.2 Å². The maximum Gasteiger partial charge on any atom is 0.227 e. The van der Waals surface area contributed by atoms with E-state index in [0.717, 1.165) is 6.42 Å². The second kappa shape index (κ2) is 5.06. The Morgan fingerprint density at radius 2 is 1.94 bits per heavy atom. The van der Waals surface area contributed by atoms with E-state index in [1.807, 2.05) is 0 Å². The maximum atomic E-state index is 11.9. The van der Waals surface area contributed by atoms with E-state index in [2.05, 4.69) is 12.2 Å². The number of nitrogens with one attached hydrogen (secondary N) is 1. The Hall–Kier alpha value is -1.42. The number of hydrogen-bond donors (Lipinski definition) is 1. The van der Waals surface area contributed by atoms with Crippen molar-refractivity contribution in [2.45, 2.75) is 13.3 Å². The Balaban J connectivity index is 2.21. The molecule has 0 heterocycles. The molecule has 2 atom stereocenters. The smallest absolute Gasteiger partial charge is 0.227 e. The SMILES string of the molecule is COc1cc(OC)c(NC(=O)C2CC2C)cc1Cl. The van der Waals surface area contributed by atoms with E-state index in [9.17, 15) is 4.79 Å². The van der Waals surface area contributed by atoms with Crippen molar-refractivity contribution < 1.29 is 14.3 Å². The number of carbonyl (C=O) groups excluding carboxylic acids is 1. The number of benzene rings is 1. The van der Waals surface area contributed by atoms with Gasteiger partial charge >= 0.3 is 0 Å². The van der Waals surface area contributed by atoms with Gasteiger partial charge in [0.05, 0.1) is 24.9 Å². The minimum atomic E-state index is 0.0158. The standard InChI is InChI=1S/C13H16ClNO3/c1-7-4-8(7)13(16)15-10-5-9(14)11(17-2)6-12(10)18-3/h5-8H,4H2,1-3H3,(H,15,16). The molecule has 98 valence electrons. The lowest BCUT2D eigenvalue weighted by Crippen LogP contribution is -2.15. The molecule has 1 aromatic rings. The van der Waals surface area contributed by atoms with Crippen molar-refractivity contribution in [1.82, 2.24) is 0 Å². The van der Waals surface area contributed by atoms with Crippen molar-refractivity contribution in [3.8, 4) is 11.5 Å². The van der Waals surface area contributed by atoms with Gasteiger partial charge in [0, 0.05) is 12.0 Å². The first-order valence-corrected chi connectivity index (χ1v) is 6.17. The van der Waals surface area contributed by atoms with Crippen LogP contribution in [0, 0.1) is 11.8 Å². The molecular weight excluding hydrogens is 254 g/mol. The lowest BCUT2D eigenvalue weighted by Gasteiger charge is -2.13. The average Bonchev–Trinajstić information content (AvgIpc) is 3.07. The molecule has 0 saturated heterocycles. The fourth-order valence-corrected chi connectivity index (χ4v) is 2.11. The summed E-state index contributed by atoms with van der Waals surface area (Å²) < 4.78 is 10.3. The average molecular weight is 270 g/mol. The van der Waals surface area contributed by atoms with Crippen LogP contribution in [0.4, 0.5) is 5.69 Å². The maximum absolute atomic E-state index is 11.9. The predicted octanol–water partition coefficient (Wildman–Crippen LogP) is 2.95. The zero-order chi connectivity index (χ0) is 13.3. The van der Waals surface area contributed by atoms with Gasteiger partial charge in [-0.2, -0.15) is 0 Å². The number of carbonyl (C=O) groups is 1. The summed E-state index contributed by atoms with van der Waals surface area (Å²) in [6.07, 6.45) is 0.942. The molecule has 5 heteroatoms. The van der Waals surface area contributed by atoms with Crippen molar-refractivity contribution >= 4 is 23.2 Å². The molecule has 1 fully saturated rings. The highest BCUT2D eigenvalue weighted by molar-refractivity contribution is 6.32. The van der Waals surface area contributed by atoms with Gasteiger partial charge < -0.3 is 14.8 Å². The molecule has 0 bridgehead atoms. The first-order chi connectivity index (χ1) is 8.56. The third kappa shape index (κ3) is 2.53. The molecule has 0 radical (unpaired) electrons. The van der Waals surface area contributed by atoms with E-state index in [4.69, 9.17) is 21.1 Å². The third-order valence-corrected chi connectivity index (χ3v) is 3.47. The summed E-state index contributed by atoms with van der Waals surface area (Å²) >= 11 is 6.03. The van der Waals surface area contributed by atoms with Crippen molar-refractivity contribution in [1.29, 1.82) is 0 Å². The van der Waals surface area contributed by atoms with E-state index in [-0.39, 0.29) is 11.8 Å². The molecule has 1 aromatic carbocycles. The molecule has 1 aliphatic rings. The second-order valence-corrected chi connectivity index (χ2v) is 4.90. The van der Waals surface area contributed by atoms with Crippen molar-refractivity contribution in [3.05, 3.63) is 17.2 Å². The first kappa shape index (κ1) is 13.0. The van der Waals surface area contributed by atoms with Gasteiger partial charge in [-0.3, -0.25) is 4.79 Å². The number of rotatable bonds is 4.